The Hall–Kier alpha value is -11.9. The van der Waals surface area contributed by atoms with Crippen LogP contribution in [0.5, 0.6) is 0 Å². The van der Waals surface area contributed by atoms with E-state index >= 15 is 0 Å². The van der Waals surface area contributed by atoms with Crippen LogP contribution in [0, 0.1) is 152 Å². The van der Waals surface area contributed by atoms with Crippen LogP contribution in [0.25, 0.3) is 77.9 Å². The highest BCUT2D eigenvalue weighted by atomic mass is 14.9. The van der Waals surface area contributed by atoms with Gasteiger partial charge in [-0.1, -0.05) is 54.6 Å². The fourth-order valence-electron chi connectivity index (χ4n) is 17.9. The number of aryl methyl sites for hydroxylation is 10. The largest absolute Gasteiger partial charge is 0.244 e. The average Bonchev–Trinajstić information content (AvgIpc) is 1.62. The number of aromatic nitrogens is 14. The molecule has 7 aromatic carbocycles. The second kappa shape index (κ2) is 30.6. The van der Waals surface area contributed by atoms with Crippen LogP contribution in [0.4, 0.5) is 0 Å². The molecule has 0 saturated carbocycles. The van der Waals surface area contributed by atoms with Crippen LogP contribution >= 0.6 is 0 Å². The van der Waals surface area contributed by atoms with E-state index in [9.17, 15) is 0 Å². The first-order valence-corrected chi connectivity index (χ1v) is 39.5. The van der Waals surface area contributed by atoms with Crippen molar-refractivity contribution in [1.82, 2.24) is 69.8 Å². The number of hydrogen-bond donors (Lipinski definition) is 0. The summed E-state index contributed by atoms with van der Waals surface area (Å²) >= 11 is 0. The zero-order valence-corrected chi connectivity index (χ0v) is 69.8. The van der Waals surface area contributed by atoms with Gasteiger partial charge in [0.2, 0.25) is 0 Å². The maximum absolute atomic E-state index is 4.53. The van der Waals surface area contributed by atoms with Gasteiger partial charge in [0.15, 0.2) is 0 Å². The fraction of sp³-hybridized carbons (Fsp3) is 0.293. The minimum atomic E-state index is 0.862. The van der Waals surface area contributed by atoms with E-state index in [-0.39, 0.29) is 0 Å². The normalized spacial score (nSPS) is 12.4. The monoisotopic (exact) mass is 1480 g/mol. The highest BCUT2D eigenvalue weighted by Crippen LogP contribution is 2.47. The Bertz CT molecular complexity index is 6260. The third-order valence-electron chi connectivity index (χ3n) is 25.9. The van der Waals surface area contributed by atoms with Crippen molar-refractivity contribution in [1.29, 1.82) is 0 Å². The molecule has 0 aliphatic heterocycles. The molecule has 7 aliphatic rings. The van der Waals surface area contributed by atoms with Gasteiger partial charge in [-0.05, 0) is 336 Å². The molecule has 0 bridgehead atoms. The maximum atomic E-state index is 4.53. The second-order valence-corrected chi connectivity index (χ2v) is 32.0. The molecular formula is C99H100N14. The summed E-state index contributed by atoms with van der Waals surface area (Å²) in [6, 6.07) is 20.0. The van der Waals surface area contributed by atoms with Crippen molar-refractivity contribution < 1.29 is 0 Å². The lowest BCUT2D eigenvalue weighted by Crippen LogP contribution is -1.98. The number of nitrogens with zero attached hydrogens (tertiary/aromatic N) is 14. The molecule has 0 unspecified atom stereocenters. The van der Waals surface area contributed by atoms with E-state index in [1.54, 1.807) is 38.0 Å². The summed E-state index contributed by atoms with van der Waals surface area (Å²) in [6.07, 6.45) is 26.3. The van der Waals surface area contributed by atoms with Crippen LogP contribution in [-0.4, -0.2) is 69.8 Å². The van der Waals surface area contributed by atoms with Gasteiger partial charge >= 0.3 is 0 Å². The van der Waals surface area contributed by atoms with Crippen LogP contribution in [0.1, 0.15) is 202 Å². The third-order valence-corrected chi connectivity index (χ3v) is 25.9. The van der Waals surface area contributed by atoms with Crippen LogP contribution in [0.2, 0.25) is 0 Å². The van der Waals surface area contributed by atoms with Crippen molar-refractivity contribution in [3.63, 3.8) is 0 Å². The van der Waals surface area contributed by atoms with E-state index in [0.717, 1.165) is 73.5 Å². The van der Waals surface area contributed by atoms with E-state index in [4.69, 9.17) is 0 Å². The van der Waals surface area contributed by atoms with E-state index in [1.807, 2.05) is 37.9 Å². The lowest BCUT2D eigenvalue weighted by molar-refractivity contribution is 0.991. The Balaban J connectivity index is 0.000000104. The standard InChI is InChI=1S/2C15H16N2.4C14H14N2.C13H12N2/c1-8-9(2)11(4)15-12(10(8)3)5-14-13(15)6-16-7-17-14;1-8-5-13-12(10(3)9(8)2)6-14-15(13)11(4)16-7-17-14;1-8-4-12-11(10(3)9(8)2)5-14-13(12)6-15-7-16-14;1-8-4-9(2)14-11(10(8)3)5-13-12(14)6-15-7-16-13;1-8-4-5-11-12(9(8)2)6-14-13(11)7-15-10(3)16-14;1-8-4-5-11-12(9(8)2)6-13-14(11)10(3)15-7-16-13;1-8-3-4-10-11(9(8)2)5-13-12(10)6-14-7-15-13/h6-7H,5H2,1-4H3;5,7H,6H2,1-4H3;2*4,6-7H,5H2,1-3H3;2*4-5,7H,6H2,1-3H3;3-4,6-7H,5H2,1-2H3. The quantitative estimate of drug-likeness (QED) is 0.140. The predicted molar refractivity (Wildman–Crippen MR) is 456 cm³/mol. The SMILES string of the molecule is Cc1c(C)c(C)c2c(c1C)Cc1ncncc1-2.Cc1cc(C)c2c(c1C)Cc1ncncc1-2.Cc1cc2c(c(C)c1C)Cc1ncnc(C)c1-2.Cc1cc2c(c(C)c1C)Cc1ncncc1-2.Cc1ccc2c(c1C)Cc1ncnc(C)c1-2.Cc1ccc2c(c1C)Cc1ncncc1-2.Cc1ncc2c(n1)Cc1c-2ccc(C)c1C. The Labute approximate surface area is 666 Å². The van der Waals surface area contributed by atoms with Crippen LogP contribution in [0.3, 0.4) is 0 Å². The summed E-state index contributed by atoms with van der Waals surface area (Å²) in [5, 5.41) is 0. The third kappa shape index (κ3) is 13.8. The van der Waals surface area contributed by atoms with E-state index in [1.165, 1.54) is 251 Å². The molecule has 7 aromatic heterocycles. The molecule has 7 heterocycles. The Morgan fingerprint density at radius 1 is 0.195 bits per heavy atom. The molecule has 0 atom stereocenters. The summed E-state index contributed by atoms with van der Waals surface area (Å²) in [6.45, 7) is 47.7. The van der Waals surface area contributed by atoms with Gasteiger partial charge in [0.1, 0.15) is 43.8 Å². The highest BCUT2D eigenvalue weighted by Gasteiger charge is 2.31. The lowest BCUT2D eigenvalue weighted by atomic mass is 9.89. The van der Waals surface area contributed by atoms with Crippen LogP contribution in [0.15, 0.2) is 124 Å². The van der Waals surface area contributed by atoms with E-state index in [0.29, 0.717) is 0 Å². The summed E-state index contributed by atoms with van der Waals surface area (Å²) in [7, 11) is 0. The second-order valence-electron chi connectivity index (χ2n) is 32.0. The smallest absolute Gasteiger partial charge is 0.125 e. The molecule has 0 fully saturated rings. The molecule has 0 N–H and O–H groups in total. The first-order valence-electron chi connectivity index (χ1n) is 39.5. The van der Waals surface area contributed by atoms with Gasteiger partial charge < -0.3 is 0 Å². The molecule has 21 rings (SSSR count). The number of rotatable bonds is 0. The minimum absolute atomic E-state index is 0.862. The maximum Gasteiger partial charge on any atom is 0.125 e. The van der Waals surface area contributed by atoms with E-state index < -0.39 is 0 Å². The number of benzene rings is 7. The molecule has 0 amide bonds. The average molecular weight is 1490 g/mol. The van der Waals surface area contributed by atoms with Gasteiger partial charge in [-0.25, -0.2) is 69.8 Å². The molecule has 14 nitrogen and oxygen atoms in total. The van der Waals surface area contributed by atoms with Crippen molar-refractivity contribution in [2.45, 2.75) is 197 Å². The Morgan fingerprint density at radius 2 is 0.531 bits per heavy atom. The van der Waals surface area contributed by atoms with Crippen molar-refractivity contribution in [2.24, 2.45) is 0 Å². The van der Waals surface area contributed by atoms with Gasteiger partial charge in [-0.15, -0.1) is 0 Å². The van der Waals surface area contributed by atoms with Gasteiger partial charge in [0.25, 0.3) is 0 Å². The van der Waals surface area contributed by atoms with Gasteiger partial charge in [-0.3, -0.25) is 0 Å². The molecule has 566 valence electrons. The molecule has 0 spiro atoms. The van der Waals surface area contributed by atoms with E-state index in [2.05, 4.69) is 270 Å². The van der Waals surface area contributed by atoms with Crippen molar-refractivity contribution >= 4 is 0 Å². The van der Waals surface area contributed by atoms with Crippen molar-refractivity contribution in [2.75, 3.05) is 0 Å². The molecule has 7 aliphatic carbocycles. The van der Waals surface area contributed by atoms with Gasteiger partial charge in [-0.2, -0.15) is 0 Å². The zero-order chi connectivity index (χ0) is 79.9. The topological polar surface area (TPSA) is 180 Å². The number of hydrogen-bond acceptors (Lipinski definition) is 14. The van der Waals surface area contributed by atoms with Crippen LogP contribution < -0.4 is 0 Å². The number of fused-ring (bicyclic) bond motifs is 21. The summed E-state index contributed by atoms with van der Waals surface area (Å²) in [5.41, 5.74) is 64.7. The fourth-order valence-corrected chi connectivity index (χ4v) is 17.9. The first kappa shape index (κ1) is 76.5. The summed E-state index contributed by atoms with van der Waals surface area (Å²) in [4.78, 5) is 60.3. The first-order chi connectivity index (χ1) is 54.2. The zero-order valence-electron chi connectivity index (χ0n) is 69.8. The highest BCUT2D eigenvalue weighted by molar-refractivity contribution is 5.85. The molecule has 14 heteroatoms. The Morgan fingerprint density at radius 3 is 1.04 bits per heavy atom. The van der Waals surface area contributed by atoms with Crippen LogP contribution in [-0.2, 0) is 44.9 Å². The summed E-state index contributed by atoms with van der Waals surface area (Å²) < 4.78 is 0. The minimum Gasteiger partial charge on any atom is -0.244 e. The predicted octanol–water partition coefficient (Wildman–Crippen LogP) is 21.1. The van der Waals surface area contributed by atoms with Crippen molar-refractivity contribution in [3.05, 3.63) is 325 Å². The molecular weight excluding hydrogens is 1390 g/mol. The van der Waals surface area contributed by atoms with Crippen molar-refractivity contribution in [3.8, 4) is 77.9 Å². The lowest BCUT2D eigenvalue weighted by Gasteiger charge is -2.15. The molecule has 14 aromatic rings. The summed E-state index contributed by atoms with van der Waals surface area (Å²) in [5.74, 6) is 0.862. The molecule has 0 saturated heterocycles. The molecule has 113 heavy (non-hydrogen) atoms. The van der Waals surface area contributed by atoms with Gasteiger partial charge in [0.05, 0.1) is 39.9 Å². The molecule has 0 radical (unpaired) electrons. The van der Waals surface area contributed by atoms with Gasteiger partial charge in [0, 0.05) is 126 Å². The Kier molecular flexibility index (Phi) is 20.7.